The number of amides is 2. The average Bonchev–Trinajstić information content (AvgIpc) is 2.85. The first-order valence-electron chi connectivity index (χ1n) is 8.06. The molecule has 0 saturated carbocycles. The van der Waals surface area contributed by atoms with Crippen LogP contribution < -0.4 is 5.43 Å². The van der Waals surface area contributed by atoms with Gasteiger partial charge in [0, 0.05) is 26.2 Å². The van der Waals surface area contributed by atoms with Crippen molar-refractivity contribution in [2.24, 2.45) is 0 Å². The first kappa shape index (κ1) is 18.1. The van der Waals surface area contributed by atoms with Crippen LogP contribution in [0, 0.1) is 0 Å². The van der Waals surface area contributed by atoms with E-state index in [0.29, 0.717) is 9.23 Å². The van der Waals surface area contributed by atoms with Crippen LogP contribution in [-0.2, 0) is 9.59 Å². The van der Waals surface area contributed by atoms with Gasteiger partial charge in [-0.25, -0.2) is 5.01 Å². The lowest BCUT2D eigenvalue weighted by molar-refractivity contribution is -0.132. The van der Waals surface area contributed by atoms with Crippen molar-refractivity contribution in [3.05, 3.63) is 40.8 Å². The Morgan fingerprint density at radius 2 is 1.92 bits per heavy atom. The van der Waals surface area contributed by atoms with Gasteiger partial charge in [-0.15, -0.1) is 0 Å². The minimum absolute atomic E-state index is 0.0524. The molecule has 0 radical (unpaired) electrons. The number of carbonyl (C=O) groups is 2. The Morgan fingerprint density at radius 1 is 1.24 bits per heavy atom. The van der Waals surface area contributed by atoms with Crippen LogP contribution in [0.15, 0.2) is 35.2 Å². The SMILES string of the molecule is CN1CCN(NC(=O)CN2C(=O)/C(=C/c3ccccc3)SC2=S)CC1. The molecule has 0 atom stereocenters. The summed E-state index contributed by atoms with van der Waals surface area (Å²) in [6.07, 6.45) is 1.80. The molecule has 2 aliphatic heterocycles. The maximum Gasteiger partial charge on any atom is 0.266 e. The largest absolute Gasteiger partial charge is 0.304 e. The molecule has 2 saturated heterocycles. The van der Waals surface area contributed by atoms with Gasteiger partial charge in [-0.1, -0.05) is 54.3 Å². The summed E-state index contributed by atoms with van der Waals surface area (Å²) in [7, 11) is 2.05. The zero-order chi connectivity index (χ0) is 17.8. The van der Waals surface area contributed by atoms with Crippen LogP contribution in [0.25, 0.3) is 6.08 Å². The second-order valence-corrected chi connectivity index (χ2v) is 7.68. The van der Waals surface area contributed by atoms with Gasteiger partial charge in [0.05, 0.1) is 4.91 Å². The maximum atomic E-state index is 12.5. The van der Waals surface area contributed by atoms with E-state index in [4.69, 9.17) is 12.2 Å². The molecule has 1 N–H and O–H groups in total. The first-order chi connectivity index (χ1) is 12.0. The van der Waals surface area contributed by atoms with Crippen molar-refractivity contribution >= 4 is 46.2 Å². The Kier molecular flexibility index (Phi) is 5.85. The predicted octanol–water partition coefficient (Wildman–Crippen LogP) is 1.17. The number of thiocarbonyl (C=S) groups is 1. The van der Waals surface area contributed by atoms with Gasteiger partial charge >= 0.3 is 0 Å². The molecule has 0 aromatic heterocycles. The second kappa shape index (κ2) is 8.09. The van der Waals surface area contributed by atoms with Crippen LogP contribution in [0.4, 0.5) is 0 Å². The summed E-state index contributed by atoms with van der Waals surface area (Å²) in [6, 6.07) is 9.59. The summed E-state index contributed by atoms with van der Waals surface area (Å²) >= 11 is 6.51. The number of benzene rings is 1. The summed E-state index contributed by atoms with van der Waals surface area (Å²) in [4.78, 5) is 28.9. The Balaban J connectivity index is 1.59. The van der Waals surface area contributed by atoms with Gasteiger partial charge in [0.1, 0.15) is 10.9 Å². The Bertz CT molecular complexity index is 700. The molecule has 8 heteroatoms. The van der Waals surface area contributed by atoms with E-state index in [1.165, 1.54) is 16.7 Å². The highest BCUT2D eigenvalue weighted by Crippen LogP contribution is 2.32. The molecule has 0 aliphatic carbocycles. The number of likely N-dealkylation sites (N-methyl/N-ethyl adjacent to an activating group) is 1. The van der Waals surface area contributed by atoms with Crippen LogP contribution in [0.1, 0.15) is 5.56 Å². The fraction of sp³-hybridized carbons (Fsp3) is 0.353. The number of nitrogens with one attached hydrogen (secondary N) is 1. The van der Waals surface area contributed by atoms with Crippen molar-refractivity contribution in [2.75, 3.05) is 39.8 Å². The number of carbonyl (C=O) groups excluding carboxylic acids is 2. The maximum absolute atomic E-state index is 12.5. The third-order valence-electron chi connectivity index (χ3n) is 4.06. The van der Waals surface area contributed by atoms with Gasteiger partial charge < -0.3 is 4.90 Å². The number of rotatable bonds is 4. The summed E-state index contributed by atoms with van der Waals surface area (Å²) in [6.45, 7) is 3.30. The van der Waals surface area contributed by atoms with Crippen LogP contribution in [0.2, 0.25) is 0 Å². The molecule has 0 bridgehead atoms. The third-order valence-corrected chi connectivity index (χ3v) is 5.44. The zero-order valence-corrected chi connectivity index (χ0v) is 15.6. The van der Waals surface area contributed by atoms with Gasteiger partial charge in [0.15, 0.2) is 0 Å². The fourth-order valence-corrected chi connectivity index (χ4v) is 3.87. The van der Waals surface area contributed by atoms with Crippen molar-refractivity contribution < 1.29 is 9.59 Å². The van der Waals surface area contributed by atoms with Gasteiger partial charge in [-0.3, -0.25) is 19.9 Å². The van der Waals surface area contributed by atoms with E-state index in [1.54, 1.807) is 6.08 Å². The van der Waals surface area contributed by atoms with E-state index in [9.17, 15) is 9.59 Å². The number of piperazine rings is 1. The molecule has 2 aliphatic rings. The molecule has 3 rings (SSSR count). The molecule has 0 spiro atoms. The van der Waals surface area contributed by atoms with Crippen LogP contribution >= 0.6 is 24.0 Å². The monoisotopic (exact) mass is 376 g/mol. The van der Waals surface area contributed by atoms with Gasteiger partial charge in [-0.05, 0) is 18.7 Å². The van der Waals surface area contributed by atoms with Crippen LogP contribution in [0.3, 0.4) is 0 Å². The second-order valence-electron chi connectivity index (χ2n) is 6.00. The molecule has 1 aromatic rings. The summed E-state index contributed by atoms with van der Waals surface area (Å²) in [5, 5.41) is 1.89. The lowest BCUT2D eigenvalue weighted by Crippen LogP contribution is -2.54. The highest BCUT2D eigenvalue weighted by Gasteiger charge is 2.33. The lowest BCUT2D eigenvalue weighted by Gasteiger charge is -2.32. The van der Waals surface area contributed by atoms with E-state index in [2.05, 4.69) is 17.4 Å². The molecule has 25 heavy (non-hydrogen) atoms. The van der Waals surface area contributed by atoms with Crippen molar-refractivity contribution in [3.63, 3.8) is 0 Å². The third kappa shape index (κ3) is 4.66. The van der Waals surface area contributed by atoms with Crippen molar-refractivity contribution in [2.45, 2.75) is 0 Å². The predicted molar refractivity (Wildman–Crippen MR) is 104 cm³/mol. The topological polar surface area (TPSA) is 55.9 Å². The zero-order valence-electron chi connectivity index (χ0n) is 14.0. The van der Waals surface area contributed by atoms with E-state index in [-0.39, 0.29) is 18.4 Å². The highest BCUT2D eigenvalue weighted by atomic mass is 32.2. The number of nitrogens with zero attached hydrogens (tertiary/aromatic N) is 3. The molecule has 2 amide bonds. The number of hydrazine groups is 1. The molecule has 132 valence electrons. The van der Waals surface area contributed by atoms with E-state index in [1.807, 2.05) is 35.3 Å². The molecular weight excluding hydrogens is 356 g/mol. The van der Waals surface area contributed by atoms with Crippen molar-refractivity contribution in [1.29, 1.82) is 0 Å². The summed E-state index contributed by atoms with van der Waals surface area (Å²) < 4.78 is 0.417. The fourth-order valence-electron chi connectivity index (χ4n) is 2.61. The Hall–Kier alpha value is -1.74. The van der Waals surface area contributed by atoms with Gasteiger partial charge in [-0.2, -0.15) is 0 Å². The minimum atomic E-state index is -0.221. The Labute approximate surface area is 156 Å². The Morgan fingerprint density at radius 3 is 2.60 bits per heavy atom. The van der Waals surface area contributed by atoms with Crippen LogP contribution in [0.5, 0.6) is 0 Å². The highest BCUT2D eigenvalue weighted by molar-refractivity contribution is 8.26. The summed E-state index contributed by atoms with van der Waals surface area (Å²) in [5.74, 6) is -0.436. The van der Waals surface area contributed by atoms with Crippen molar-refractivity contribution in [1.82, 2.24) is 20.2 Å². The molecule has 6 nitrogen and oxygen atoms in total. The molecule has 0 unspecified atom stereocenters. The molecule has 2 heterocycles. The molecule has 2 fully saturated rings. The first-order valence-corrected chi connectivity index (χ1v) is 9.29. The quantitative estimate of drug-likeness (QED) is 0.629. The van der Waals surface area contributed by atoms with E-state index < -0.39 is 0 Å². The minimum Gasteiger partial charge on any atom is -0.304 e. The molecular formula is C17H20N4O2S2. The van der Waals surface area contributed by atoms with Gasteiger partial charge in [0.2, 0.25) is 0 Å². The van der Waals surface area contributed by atoms with Gasteiger partial charge in [0.25, 0.3) is 11.8 Å². The number of hydrogen-bond donors (Lipinski definition) is 1. The van der Waals surface area contributed by atoms with Crippen molar-refractivity contribution in [3.8, 4) is 0 Å². The average molecular weight is 377 g/mol. The van der Waals surface area contributed by atoms with E-state index >= 15 is 0 Å². The normalized spacial score (nSPS) is 21.2. The lowest BCUT2D eigenvalue weighted by atomic mass is 10.2. The molecule has 1 aromatic carbocycles. The number of hydrogen-bond acceptors (Lipinski definition) is 6. The summed E-state index contributed by atoms with van der Waals surface area (Å²) in [5.41, 5.74) is 3.79. The number of thioether (sulfide) groups is 1. The smallest absolute Gasteiger partial charge is 0.266 e. The standard InChI is InChI=1S/C17H20N4O2S2/c1-19-7-9-20(10-8-19)18-15(22)12-21-16(23)14(25-17(21)24)11-13-5-3-2-4-6-13/h2-6,11H,7-10,12H2,1H3,(H,18,22)/b14-11-. The van der Waals surface area contributed by atoms with Crippen LogP contribution in [-0.4, -0.2) is 70.7 Å². The van der Waals surface area contributed by atoms with E-state index in [0.717, 1.165) is 31.7 Å².